The highest BCUT2D eigenvalue weighted by Crippen LogP contribution is 2.43. The van der Waals surface area contributed by atoms with Crippen LogP contribution < -0.4 is 5.73 Å². The van der Waals surface area contributed by atoms with Gasteiger partial charge in [0.25, 0.3) is 0 Å². The number of phosphoric ester groups is 1. The summed E-state index contributed by atoms with van der Waals surface area (Å²) in [6.07, 6.45) is 44.0. The van der Waals surface area contributed by atoms with Crippen molar-refractivity contribution < 1.29 is 32.8 Å². The summed E-state index contributed by atoms with van der Waals surface area (Å²) in [5.41, 5.74) is 5.35. The van der Waals surface area contributed by atoms with Crippen LogP contribution in [0, 0.1) is 0 Å². The summed E-state index contributed by atoms with van der Waals surface area (Å²) in [7, 11) is -4.29. The Morgan fingerprint density at radius 1 is 0.633 bits per heavy atom. The number of hydrogen-bond acceptors (Lipinski definition) is 7. The molecular formula is C40H72NO7P. The first-order chi connectivity index (χ1) is 23.9. The van der Waals surface area contributed by atoms with Crippen LogP contribution in [0.1, 0.15) is 149 Å². The summed E-state index contributed by atoms with van der Waals surface area (Å²) in [5.74, 6) is -0.357. The molecule has 0 amide bonds. The second-order valence-electron chi connectivity index (χ2n) is 12.4. The van der Waals surface area contributed by atoms with Gasteiger partial charge in [0, 0.05) is 13.0 Å². The summed E-state index contributed by atoms with van der Waals surface area (Å²) in [4.78, 5) is 22.4. The van der Waals surface area contributed by atoms with E-state index in [0.717, 1.165) is 51.4 Å². The quantitative estimate of drug-likeness (QED) is 0.0286. The van der Waals surface area contributed by atoms with Crippen LogP contribution in [0.4, 0.5) is 0 Å². The smallest absolute Gasteiger partial charge is 0.457 e. The topological polar surface area (TPSA) is 117 Å². The highest BCUT2D eigenvalue weighted by molar-refractivity contribution is 7.47. The Balaban J connectivity index is 4.21. The molecule has 0 aliphatic heterocycles. The van der Waals surface area contributed by atoms with Crippen LogP contribution in [-0.2, 0) is 27.9 Å². The fourth-order valence-electron chi connectivity index (χ4n) is 4.94. The van der Waals surface area contributed by atoms with E-state index < -0.39 is 13.9 Å². The van der Waals surface area contributed by atoms with Crippen LogP contribution in [0.15, 0.2) is 60.8 Å². The Morgan fingerprint density at radius 3 is 1.59 bits per heavy atom. The molecule has 0 saturated heterocycles. The molecule has 284 valence electrons. The zero-order valence-corrected chi connectivity index (χ0v) is 32.1. The molecule has 0 radical (unpaired) electrons. The molecule has 0 aliphatic rings. The van der Waals surface area contributed by atoms with Gasteiger partial charge in [-0.25, -0.2) is 4.57 Å². The minimum atomic E-state index is -4.29. The van der Waals surface area contributed by atoms with Gasteiger partial charge in [-0.1, -0.05) is 158 Å². The average molecular weight is 710 g/mol. The number of phosphoric acid groups is 1. The van der Waals surface area contributed by atoms with Gasteiger partial charge in [-0.15, -0.1) is 0 Å². The lowest BCUT2D eigenvalue weighted by molar-refractivity contribution is -0.154. The molecule has 2 atom stereocenters. The van der Waals surface area contributed by atoms with Gasteiger partial charge in [-0.3, -0.25) is 13.8 Å². The maximum atomic E-state index is 12.5. The monoisotopic (exact) mass is 710 g/mol. The van der Waals surface area contributed by atoms with E-state index in [4.69, 9.17) is 24.3 Å². The third-order valence-corrected chi connectivity index (χ3v) is 8.70. The fraction of sp³-hybridized carbons (Fsp3) is 0.725. The largest absolute Gasteiger partial charge is 0.472 e. The predicted molar refractivity (Wildman–Crippen MR) is 205 cm³/mol. The van der Waals surface area contributed by atoms with Gasteiger partial charge < -0.3 is 20.1 Å². The van der Waals surface area contributed by atoms with Gasteiger partial charge in [-0.2, -0.15) is 0 Å². The number of hydrogen-bond donors (Lipinski definition) is 2. The van der Waals surface area contributed by atoms with Gasteiger partial charge in [0.05, 0.1) is 26.4 Å². The van der Waals surface area contributed by atoms with Gasteiger partial charge in [0.15, 0.2) is 0 Å². The zero-order chi connectivity index (χ0) is 35.9. The maximum absolute atomic E-state index is 12.5. The molecule has 0 aromatic rings. The molecule has 0 saturated carbocycles. The van der Waals surface area contributed by atoms with Crippen molar-refractivity contribution in [1.82, 2.24) is 0 Å². The van der Waals surface area contributed by atoms with Crippen LogP contribution in [-0.4, -0.2) is 49.9 Å². The normalized spacial score (nSPS) is 14.3. The molecule has 2 unspecified atom stereocenters. The molecule has 49 heavy (non-hydrogen) atoms. The van der Waals surface area contributed by atoms with Crippen molar-refractivity contribution in [2.45, 2.75) is 155 Å². The van der Waals surface area contributed by atoms with Gasteiger partial charge in [-0.05, 0) is 44.9 Å². The van der Waals surface area contributed by atoms with Crippen LogP contribution in [0.25, 0.3) is 0 Å². The number of rotatable bonds is 36. The molecule has 9 heteroatoms. The van der Waals surface area contributed by atoms with Crippen molar-refractivity contribution in [2.75, 3.05) is 33.0 Å². The fourth-order valence-corrected chi connectivity index (χ4v) is 5.71. The van der Waals surface area contributed by atoms with E-state index in [1.807, 2.05) is 6.08 Å². The van der Waals surface area contributed by atoms with Crippen LogP contribution in [0.2, 0.25) is 0 Å². The van der Waals surface area contributed by atoms with Crippen molar-refractivity contribution >= 4 is 13.8 Å². The summed E-state index contributed by atoms with van der Waals surface area (Å²) in [5, 5.41) is 0. The van der Waals surface area contributed by atoms with E-state index in [-0.39, 0.29) is 32.3 Å². The minimum Gasteiger partial charge on any atom is -0.457 e. The van der Waals surface area contributed by atoms with Gasteiger partial charge >= 0.3 is 13.8 Å². The Morgan fingerprint density at radius 2 is 1.10 bits per heavy atom. The van der Waals surface area contributed by atoms with E-state index >= 15 is 0 Å². The minimum absolute atomic E-state index is 0.0616. The third-order valence-electron chi connectivity index (χ3n) is 7.72. The zero-order valence-electron chi connectivity index (χ0n) is 31.2. The van der Waals surface area contributed by atoms with Crippen LogP contribution >= 0.6 is 7.82 Å². The first-order valence-electron chi connectivity index (χ1n) is 19.3. The van der Waals surface area contributed by atoms with Crippen molar-refractivity contribution in [3.05, 3.63) is 60.8 Å². The molecule has 3 N–H and O–H groups in total. The number of allylic oxidation sites excluding steroid dienone is 9. The first kappa shape index (κ1) is 47.2. The lowest BCUT2D eigenvalue weighted by atomic mass is 10.0. The molecule has 0 heterocycles. The summed E-state index contributed by atoms with van der Waals surface area (Å²) < 4.78 is 33.2. The number of unbranched alkanes of at least 4 members (excludes halogenated alkanes) is 13. The third kappa shape index (κ3) is 37.3. The van der Waals surface area contributed by atoms with E-state index in [0.29, 0.717) is 19.4 Å². The number of carbonyl (C=O) groups is 1. The average Bonchev–Trinajstić information content (AvgIpc) is 3.09. The van der Waals surface area contributed by atoms with Crippen LogP contribution in [0.5, 0.6) is 0 Å². The van der Waals surface area contributed by atoms with Crippen LogP contribution in [0.3, 0.4) is 0 Å². The second kappa shape index (κ2) is 37.5. The number of esters is 1. The SMILES string of the molecule is CC/C=C\C/C=C\C/C=C\C/C=C\C/C=C\CCOCC(COP(=O)(O)OCCN)OC(=O)CCCCCCCCCCCCCCCC. The predicted octanol–water partition coefficient (Wildman–Crippen LogP) is 11.0. The van der Waals surface area contributed by atoms with E-state index in [1.54, 1.807) is 0 Å². The molecule has 0 fully saturated rings. The standard InChI is InChI=1S/C40H72NO7P/c1-3-5-7-9-11-13-15-17-19-20-22-24-26-28-30-32-35-45-37-39(38-47-49(43,44)46-36-34-41)48-40(42)33-31-29-27-25-23-21-18-16-14-12-10-8-6-4-2/h5,7,11,13,17,19,22,24,28,30,39H,3-4,6,8-10,12,14-16,18,20-21,23,25-27,29,31-38,41H2,1-2H3,(H,43,44)/b7-5-,13-11-,19-17-,24-22-,30-28-. The first-order valence-corrected chi connectivity index (χ1v) is 20.8. The summed E-state index contributed by atoms with van der Waals surface area (Å²) >= 11 is 0. The van der Waals surface area contributed by atoms with E-state index in [9.17, 15) is 14.3 Å². The Bertz CT molecular complexity index is 932. The second-order valence-corrected chi connectivity index (χ2v) is 13.9. The molecule has 0 aliphatic carbocycles. The Labute approximate surface area is 300 Å². The van der Waals surface area contributed by atoms with Crippen molar-refractivity contribution in [1.29, 1.82) is 0 Å². The molecule has 0 aromatic heterocycles. The molecule has 0 bridgehead atoms. The molecule has 0 spiro atoms. The Hall–Kier alpha value is -1.80. The number of nitrogens with two attached hydrogens (primary N) is 1. The number of carbonyl (C=O) groups excluding carboxylic acids is 1. The Kier molecular flexibility index (Phi) is 36.1. The van der Waals surface area contributed by atoms with Crippen molar-refractivity contribution in [3.63, 3.8) is 0 Å². The highest BCUT2D eigenvalue weighted by Gasteiger charge is 2.25. The van der Waals surface area contributed by atoms with Crippen molar-refractivity contribution in [2.24, 2.45) is 5.73 Å². The molecule has 0 aromatic carbocycles. The molecular weight excluding hydrogens is 637 g/mol. The van der Waals surface area contributed by atoms with Crippen molar-refractivity contribution in [3.8, 4) is 0 Å². The van der Waals surface area contributed by atoms with Gasteiger partial charge in [0.2, 0.25) is 0 Å². The van der Waals surface area contributed by atoms with E-state index in [2.05, 4.69) is 68.5 Å². The highest BCUT2D eigenvalue weighted by atomic mass is 31.2. The number of ether oxygens (including phenoxy) is 2. The van der Waals surface area contributed by atoms with E-state index in [1.165, 1.54) is 70.6 Å². The van der Waals surface area contributed by atoms with Gasteiger partial charge in [0.1, 0.15) is 6.10 Å². The molecule has 8 nitrogen and oxygen atoms in total. The summed E-state index contributed by atoms with van der Waals surface area (Å²) in [6.45, 7) is 4.56. The lowest BCUT2D eigenvalue weighted by Gasteiger charge is -2.19. The molecule has 0 rings (SSSR count). The lowest BCUT2D eigenvalue weighted by Crippen LogP contribution is -2.28. The maximum Gasteiger partial charge on any atom is 0.472 e. The summed E-state index contributed by atoms with van der Waals surface area (Å²) in [6, 6.07) is 0.